The van der Waals surface area contributed by atoms with Gasteiger partial charge in [0.05, 0.1) is 11.9 Å². The molecular weight excluding hydrogens is 377 g/mol. The predicted octanol–water partition coefficient (Wildman–Crippen LogP) is 4.53. The molecule has 23 heavy (non-hydrogen) atoms. The van der Waals surface area contributed by atoms with E-state index in [1.54, 1.807) is 30.1 Å². The van der Waals surface area contributed by atoms with Crippen molar-refractivity contribution in [2.24, 2.45) is 10.1 Å². The van der Waals surface area contributed by atoms with Crippen molar-refractivity contribution in [2.75, 3.05) is 7.05 Å². The molecule has 0 unspecified atom stereocenters. The highest BCUT2D eigenvalue weighted by Crippen LogP contribution is 2.23. The molecule has 3 nitrogen and oxygen atoms in total. The molecule has 0 fully saturated rings. The van der Waals surface area contributed by atoms with E-state index in [1.807, 2.05) is 29.6 Å². The van der Waals surface area contributed by atoms with Crippen molar-refractivity contribution < 1.29 is 4.39 Å². The fourth-order valence-corrected chi connectivity index (χ4v) is 3.32. The molecular formula is C17H13BrFN3S. The summed E-state index contributed by atoms with van der Waals surface area (Å²) in [6.45, 7) is 0. The second kappa shape index (κ2) is 7.02. The number of benzene rings is 2. The van der Waals surface area contributed by atoms with Gasteiger partial charge in [0.1, 0.15) is 5.82 Å². The third kappa shape index (κ3) is 3.65. The van der Waals surface area contributed by atoms with E-state index < -0.39 is 0 Å². The van der Waals surface area contributed by atoms with Crippen molar-refractivity contribution in [1.29, 1.82) is 0 Å². The Hall–Kier alpha value is -2.05. The Morgan fingerprint density at radius 3 is 2.74 bits per heavy atom. The van der Waals surface area contributed by atoms with Crippen LogP contribution in [-0.4, -0.2) is 17.9 Å². The fourth-order valence-electron chi connectivity index (χ4n) is 2.12. The summed E-state index contributed by atoms with van der Waals surface area (Å²) < 4.78 is 16.0. The molecule has 0 aliphatic carbocycles. The topological polar surface area (TPSA) is 29.6 Å². The normalized spacial score (nSPS) is 12.2. The lowest BCUT2D eigenvalue weighted by Crippen LogP contribution is -2.11. The molecule has 0 N–H and O–H groups in total. The van der Waals surface area contributed by atoms with Gasteiger partial charge in [-0.25, -0.2) is 9.07 Å². The third-order valence-corrected chi connectivity index (χ3v) is 4.57. The van der Waals surface area contributed by atoms with Crippen molar-refractivity contribution in [1.82, 2.24) is 4.68 Å². The van der Waals surface area contributed by atoms with Gasteiger partial charge in [0, 0.05) is 22.5 Å². The van der Waals surface area contributed by atoms with E-state index >= 15 is 0 Å². The standard InChI is InChI=1S/C17H13BrFN3S/c1-20-17-22(21-10-12-4-2-7-15(19)8-12)16(11-23-17)13-5-3-6-14(18)9-13/h2-11H,1H3. The maximum Gasteiger partial charge on any atom is 0.205 e. The minimum atomic E-state index is -0.281. The van der Waals surface area contributed by atoms with Crippen LogP contribution in [0.1, 0.15) is 5.56 Å². The van der Waals surface area contributed by atoms with E-state index in [9.17, 15) is 4.39 Å². The summed E-state index contributed by atoms with van der Waals surface area (Å²) in [5.41, 5.74) is 2.66. The second-order valence-electron chi connectivity index (χ2n) is 4.75. The van der Waals surface area contributed by atoms with Crippen LogP contribution in [-0.2, 0) is 0 Å². The van der Waals surface area contributed by atoms with Gasteiger partial charge < -0.3 is 0 Å². The van der Waals surface area contributed by atoms with E-state index in [0.717, 1.165) is 20.5 Å². The molecule has 0 amide bonds. The molecule has 0 saturated carbocycles. The first-order chi connectivity index (χ1) is 11.2. The highest BCUT2D eigenvalue weighted by molar-refractivity contribution is 9.10. The molecule has 2 aromatic carbocycles. The summed E-state index contributed by atoms with van der Waals surface area (Å²) in [5.74, 6) is -0.281. The van der Waals surface area contributed by atoms with Gasteiger partial charge in [-0.2, -0.15) is 5.10 Å². The molecule has 1 aromatic heterocycles. The van der Waals surface area contributed by atoms with Crippen LogP contribution in [0.5, 0.6) is 0 Å². The van der Waals surface area contributed by atoms with Crippen molar-refractivity contribution in [2.45, 2.75) is 0 Å². The number of hydrogen-bond donors (Lipinski definition) is 0. The monoisotopic (exact) mass is 389 g/mol. The van der Waals surface area contributed by atoms with Crippen LogP contribution in [0, 0.1) is 5.82 Å². The van der Waals surface area contributed by atoms with E-state index in [1.165, 1.54) is 23.5 Å². The van der Waals surface area contributed by atoms with Gasteiger partial charge in [0.25, 0.3) is 0 Å². The lowest BCUT2D eigenvalue weighted by atomic mass is 10.2. The number of aromatic nitrogens is 1. The van der Waals surface area contributed by atoms with Crippen LogP contribution in [0.2, 0.25) is 0 Å². The van der Waals surface area contributed by atoms with Crippen LogP contribution in [0.3, 0.4) is 0 Å². The first-order valence-corrected chi connectivity index (χ1v) is 8.54. The van der Waals surface area contributed by atoms with Gasteiger partial charge in [-0.15, -0.1) is 11.3 Å². The zero-order valence-corrected chi connectivity index (χ0v) is 14.7. The van der Waals surface area contributed by atoms with Gasteiger partial charge >= 0.3 is 0 Å². The summed E-state index contributed by atoms with van der Waals surface area (Å²) in [4.78, 5) is 5.02. The molecule has 1 heterocycles. The fraction of sp³-hybridized carbons (Fsp3) is 0.0588. The Morgan fingerprint density at radius 2 is 2.00 bits per heavy atom. The van der Waals surface area contributed by atoms with Crippen molar-refractivity contribution in [3.63, 3.8) is 0 Å². The lowest BCUT2D eigenvalue weighted by Gasteiger charge is -2.04. The second-order valence-corrected chi connectivity index (χ2v) is 6.50. The van der Waals surface area contributed by atoms with Crippen LogP contribution >= 0.6 is 27.3 Å². The number of nitrogens with zero attached hydrogens (tertiary/aromatic N) is 3. The Labute approximate surface area is 145 Å². The molecule has 6 heteroatoms. The average Bonchev–Trinajstić information content (AvgIpc) is 2.96. The Bertz CT molecular complexity index is 927. The SMILES string of the molecule is CN=c1scc(-c2cccc(Br)c2)n1N=Cc1cccc(F)c1. The molecule has 3 rings (SSSR count). The first-order valence-electron chi connectivity index (χ1n) is 6.86. The number of halogens is 2. The van der Waals surface area contributed by atoms with Crippen LogP contribution < -0.4 is 4.80 Å². The molecule has 116 valence electrons. The molecule has 0 aliphatic rings. The molecule has 0 bridgehead atoms. The van der Waals surface area contributed by atoms with Crippen LogP contribution in [0.25, 0.3) is 11.3 Å². The number of rotatable bonds is 3. The summed E-state index contributed by atoms with van der Waals surface area (Å²) >= 11 is 4.99. The van der Waals surface area contributed by atoms with Gasteiger partial charge in [-0.1, -0.05) is 40.2 Å². The molecule has 0 saturated heterocycles. The Morgan fingerprint density at radius 1 is 1.17 bits per heavy atom. The maximum atomic E-state index is 13.3. The lowest BCUT2D eigenvalue weighted by molar-refractivity contribution is 0.627. The quantitative estimate of drug-likeness (QED) is 0.589. The number of thiazole rings is 1. The van der Waals surface area contributed by atoms with Crippen LogP contribution in [0.4, 0.5) is 4.39 Å². The highest BCUT2D eigenvalue weighted by Gasteiger charge is 2.07. The third-order valence-electron chi connectivity index (χ3n) is 3.17. The molecule has 0 atom stereocenters. The van der Waals surface area contributed by atoms with Gasteiger partial charge in [0.2, 0.25) is 4.80 Å². The first kappa shape index (κ1) is 15.8. The van der Waals surface area contributed by atoms with Crippen LogP contribution in [0.15, 0.2) is 68.5 Å². The van der Waals surface area contributed by atoms with Crippen molar-refractivity contribution in [3.05, 3.63) is 74.6 Å². The summed E-state index contributed by atoms with van der Waals surface area (Å²) in [7, 11) is 1.73. The summed E-state index contributed by atoms with van der Waals surface area (Å²) in [6, 6.07) is 14.3. The van der Waals surface area contributed by atoms with E-state index in [0.29, 0.717) is 5.56 Å². The number of hydrogen-bond acceptors (Lipinski definition) is 3. The molecule has 0 spiro atoms. The summed E-state index contributed by atoms with van der Waals surface area (Å²) in [6.07, 6.45) is 1.63. The zero-order valence-electron chi connectivity index (χ0n) is 12.3. The smallest absolute Gasteiger partial charge is 0.205 e. The van der Waals surface area contributed by atoms with Crippen molar-refractivity contribution >= 4 is 33.5 Å². The zero-order chi connectivity index (χ0) is 16.2. The van der Waals surface area contributed by atoms with E-state index in [2.05, 4.69) is 26.0 Å². The van der Waals surface area contributed by atoms with Gasteiger partial charge in [-0.3, -0.25) is 4.99 Å². The Balaban J connectivity index is 2.06. The minimum absolute atomic E-state index is 0.281. The molecule has 3 aromatic rings. The van der Waals surface area contributed by atoms with Gasteiger partial charge in [-0.05, 0) is 29.8 Å². The van der Waals surface area contributed by atoms with E-state index in [4.69, 9.17) is 0 Å². The maximum absolute atomic E-state index is 13.3. The largest absolute Gasteiger partial charge is 0.261 e. The van der Waals surface area contributed by atoms with Crippen molar-refractivity contribution in [3.8, 4) is 11.3 Å². The highest BCUT2D eigenvalue weighted by atomic mass is 79.9. The summed E-state index contributed by atoms with van der Waals surface area (Å²) in [5, 5.41) is 6.49. The minimum Gasteiger partial charge on any atom is -0.261 e. The predicted molar refractivity (Wildman–Crippen MR) is 96.3 cm³/mol. The van der Waals surface area contributed by atoms with E-state index in [-0.39, 0.29) is 5.82 Å². The average molecular weight is 390 g/mol. The molecule has 0 aliphatic heterocycles. The Kier molecular flexibility index (Phi) is 4.83. The van der Waals surface area contributed by atoms with Gasteiger partial charge in [0.15, 0.2) is 0 Å². The molecule has 0 radical (unpaired) electrons.